The van der Waals surface area contributed by atoms with Crippen LogP contribution in [0.1, 0.15) is 33.1 Å². The molecule has 0 spiro atoms. The normalized spacial score (nSPS) is 13.4. The second-order valence-electron chi connectivity index (χ2n) is 11.7. The predicted octanol–water partition coefficient (Wildman–Crippen LogP) is 7.52. The maximum atomic E-state index is 7.41. The molecule has 0 fully saturated rings. The van der Waals surface area contributed by atoms with Gasteiger partial charge in [-0.05, 0) is 73.1 Å². The van der Waals surface area contributed by atoms with Crippen molar-refractivity contribution in [1.82, 2.24) is 0 Å². The van der Waals surface area contributed by atoms with Crippen molar-refractivity contribution in [3.8, 4) is 0 Å². The summed E-state index contributed by atoms with van der Waals surface area (Å²) in [6.45, 7) is 26.4. The van der Waals surface area contributed by atoms with Crippen LogP contribution in [-0.4, -0.2) is 42.3 Å². The van der Waals surface area contributed by atoms with Crippen LogP contribution in [0.4, 0.5) is 0 Å². The van der Waals surface area contributed by atoms with Gasteiger partial charge in [-0.2, -0.15) is 0 Å². The van der Waals surface area contributed by atoms with Gasteiger partial charge in [0.15, 0.2) is 16.6 Å². The molecule has 0 heterocycles. The van der Waals surface area contributed by atoms with E-state index in [1.165, 1.54) is 12.8 Å². The van der Waals surface area contributed by atoms with E-state index in [0.717, 1.165) is 28.9 Å². The van der Waals surface area contributed by atoms with Gasteiger partial charge in [-0.1, -0.05) is 93.8 Å². The maximum absolute atomic E-state index is 7.41. The van der Waals surface area contributed by atoms with E-state index in [2.05, 4.69) is 115 Å². The van der Waals surface area contributed by atoms with Gasteiger partial charge in [0.25, 0.3) is 0 Å². The lowest BCUT2D eigenvalue weighted by molar-refractivity contribution is 0.314. The Kier molecular flexibility index (Phi) is 12.1. The summed E-state index contributed by atoms with van der Waals surface area (Å²) in [5.74, 6) is 0. The lowest BCUT2D eigenvalue weighted by Gasteiger charge is -2.45. The molecule has 2 rings (SSSR count). The van der Waals surface area contributed by atoms with Gasteiger partial charge in [-0.15, -0.1) is 13.2 Å². The first kappa shape index (κ1) is 33.1. The van der Waals surface area contributed by atoms with E-state index < -0.39 is 42.3 Å². The molecule has 0 aromatic heterocycles. The van der Waals surface area contributed by atoms with E-state index in [0.29, 0.717) is 0 Å². The quantitative estimate of drug-likeness (QED) is 0.176. The Hall–Kier alpha value is -1.16. The van der Waals surface area contributed by atoms with Gasteiger partial charge in [0, 0.05) is 0 Å². The Balaban J connectivity index is 2.66. The van der Waals surface area contributed by atoms with E-state index in [9.17, 15) is 0 Å². The third kappa shape index (κ3) is 9.21. The summed E-state index contributed by atoms with van der Waals surface area (Å²) in [6, 6.07) is 23.1. The molecule has 0 unspecified atom stereocenters. The van der Waals surface area contributed by atoms with Crippen molar-refractivity contribution in [2.45, 2.75) is 84.5 Å². The molecule has 0 aliphatic carbocycles. The van der Waals surface area contributed by atoms with Gasteiger partial charge in [-0.3, -0.25) is 0 Å². The highest BCUT2D eigenvalue weighted by Gasteiger charge is 2.54. The first-order valence-electron chi connectivity index (χ1n) is 14.0. The highest BCUT2D eigenvalue weighted by molar-refractivity contribution is 7.04. The summed E-state index contributed by atoms with van der Waals surface area (Å²) in [5.41, 5.74) is 3.73. The van der Waals surface area contributed by atoms with E-state index >= 15 is 0 Å². The molecule has 4 nitrogen and oxygen atoms in total. The van der Waals surface area contributed by atoms with Crippen molar-refractivity contribution < 1.29 is 16.5 Å². The first-order chi connectivity index (χ1) is 17.8. The third-order valence-electron chi connectivity index (χ3n) is 6.51. The fraction of sp³-hybridized carbons (Fsp3) is 0.448. The van der Waals surface area contributed by atoms with Crippen LogP contribution in [0.2, 0.25) is 51.4 Å². The Morgan fingerprint density at radius 1 is 0.605 bits per heavy atom. The second kappa shape index (κ2) is 14.0. The zero-order valence-corrected chi connectivity index (χ0v) is 30.0. The van der Waals surface area contributed by atoms with E-state index in [1.54, 1.807) is 0 Å². The minimum atomic E-state index is -3.24. The molecule has 0 aliphatic heterocycles. The van der Waals surface area contributed by atoms with Gasteiger partial charge < -0.3 is 16.5 Å². The summed E-state index contributed by atoms with van der Waals surface area (Å²) in [6.07, 6.45) is 3.41. The molecule has 38 heavy (non-hydrogen) atoms. The Morgan fingerprint density at radius 2 is 1.08 bits per heavy atom. The first-order valence-corrected chi connectivity index (χ1v) is 26.8. The molecule has 2 aromatic rings. The number of hydrogen-bond acceptors (Lipinski definition) is 4. The monoisotopic (exact) mass is 602 g/mol. The van der Waals surface area contributed by atoms with Crippen LogP contribution in [0.3, 0.4) is 0 Å². The van der Waals surface area contributed by atoms with Crippen LogP contribution in [0.25, 0.3) is 0 Å². The molecular formula is C29H50O4Si5. The van der Waals surface area contributed by atoms with Crippen molar-refractivity contribution in [2.24, 2.45) is 0 Å². The van der Waals surface area contributed by atoms with Crippen molar-refractivity contribution in [3.63, 3.8) is 0 Å². The van der Waals surface area contributed by atoms with Crippen molar-refractivity contribution >= 4 is 52.7 Å². The summed E-state index contributed by atoms with van der Waals surface area (Å²) >= 11 is 0. The molecule has 0 amide bonds. The zero-order chi connectivity index (χ0) is 28.5. The summed E-state index contributed by atoms with van der Waals surface area (Å²) < 4.78 is 28.6. The van der Waals surface area contributed by atoms with E-state index in [4.69, 9.17) is 16.5 Å². The number of rotatable bonds is 17. The second-order valence-corrected chi connectivity index (χ2v) is 30.4. The van der Waals surface area contributed by atoms with Crippen molar-refractivity contribution in [1.29, 1.82) is 0 Å². The highest BCUT2D eigenvalue weighted by atomic mass is 28.5. The molecule has 210 valence electrons. The largest absolute Gasteiger partial charge is 0.436 e. The average Bonchev–Trinajstić information content (AvgIpc) is 2.86. The van der Waals surface area contributed by atoms with E-state index in [1.807, 2.05) is 23.5 Å². The lowest BCUT2D eigenvalue weighted by Crippen LogP contribution is -2.72. The van der Waals surface area contributed by atoms with Crippen molar-refractivity contribution in [3.05, 3.63) is 85.2 Å². The predicted molar refractivity (Wildman–Crippen MR) is 176 cm³/mol. The van der Waals surface area contributed by atoms with Crippen LogP contribution >= 0.6 is 0 Å². The number of unbranched alkanes of at least 4 members (excludes halogenated alkanes) is 1. The molecule has 9 heteroatoms. The molecule has 0 radical (unpaired) electrons. The zero-order valence-electron chi connectivity index (χ0n) is 25.0. The molecule has 0 saturated heterocycles. The summed E-state index contributed by atoms with van der Waals surface area (Å²) in [4.78, 5) is 0. The fourth-order valence-electron chi connectivity index (χ4n) is 5.00. The number of hydrogen-bond donors (Lipinski definition) is 0. The van der Waals surface area contributed by atoms with Crippen LogP contribution in [0, 0.1) is 0 Å². The Labute approximate surface area is 238 Å². The molecule has 0 atom stereocenters. The van der Waals surface area contributed by atoms with E-state index in [-0.39, 0.29) is 0 Å². The van der Waals surface area contributed by atoms with Gasteiger partial charge >= 0.3 is 25.7 Å². The highest BCUT2D eigenvalue weighted by Crippen LogP contribution is 2.30. The average molecular weight is 603 g/mol. The molecule has 2 aromatic carbocycles. The lowest BCUT2D eigenvalue weighted by atomic mass is 10.4. The SMILES string of the molecule is C=C[Si](C=C)(O[Si](C)(C)O[Si](C)(C)CCCC)O[Si](O[Si](C)(C)CCC)(c1ccccc1)c1ccccc1. The van der Waals surface area contributed by atoms with Crippen LogP contribution in [0.15, 0.2) is 85.2 Å². The third-order valence-corrected chi connectivity index (χ3v) is 26.3. The topological polar surface area (TPSA) is 36.9 Å². The number of benzene rings is 2. The van der Waals surface area contributed by atoms with Crippen LogP contribution in [-0.2, 0) is 16.5 Å². The Bertz CT molecular complexity index is 965. The summed E-state index contributed by atoms with van der Waals surface area (Å²) in [5, 5.41) is 2.15. The standard InChI is InChI=1S/C29H50O4Si5/c1-11-15-27-35(7,8)30-36(9,10)32-37(13-3,14-4)33-38(28-22-18-16-19-23-28,29-24-20-17-21-25-29)31-34(5,6)26-12-2/h13-14,16-25H,3-4,11-12,15,26-27H2,1-2,5-10H3. The minimum Gasteiger partial charge on any atom is -0.436 e. The maximum Gasteiger partial charge on any atom is 0.388 e. The fourth-order valence-corrected chi connectivity index (χ4v) is 28.1. The van der Waals surface area contributed by atoms with Gasteiger partial charge in [0.2, 0.25) is 0 Å². The van der Waals surface area contributed by atoms with Crippen LogP contribution in [0.5, 0.6) is 0 Å². The molecule has 0 saturated carbocycles. The smallest absolute Gasteiger partial charge is 0.388 e. The minimum absolute atomic E-state index is 1.04. The molecular weight excluding hydrogens is 553 g/mol. The molecule has 0 N–H and O–H groups in total. The van der Waals surface area contributed by atoms with Gasteiger partial charge in [-0.25, -0.2) is 0 Å². The van der Waals surface area contributed by atoms with Crippen molar-refractivity contribution in [2.75, 3.05) is 0 Å². The van der Waals surface area contributed by atoms with Crippen LogP contribution < -0.4 is 10.4 Å². The Morgan fingerprint density at radius 3 is 1.50 bits per heavy atom. The molecule has 0 aliphatic rings. The summed E-state index contributed by atoms with van der Waals surface area (Å²) in [7, 11) is -13.1. The van der Waals surface area contributed by atoms with Gasteiger partial charge in [0.1, 0.15) is 0 Å². The molecule has 0 bridgehead atoms. The van der Waals surface area contributed by atoms with Gasteiger partial charge in [0.05, 0.1) is 0 Å².